The smallest absolute Gasteiger partial charge is 0.307 e. The predicted octanol–water partition coefficient (Wildman–Crippen LogP) is 3.76. The number of carbonyl (C=O) groups excluding carboxylic acids is 2. The molecular weight excluding hydrogens is 383 g/mol. The van der Waals surface area contributed by atoms with Gasteiger partial charge in [0.1, 0.15) is 6.61 Å². The lowest BCUT2D eigenvalue weighted by molar-refractivity contribution is -0.384. The molecule has 9 heteroatoms. The zero-order valence-corrected chi connectivity index (χ0v) is 14.9. The van der Waals surface area contributed by atoms with E-state index in [4.69, 9.17) is 27.9 Å². The van der Waals surface area contributed by atoms with Crippen LogP contribution in [0.2, 0.25) is 10.0 Å². The first-order valence-corrected chi connectivity index (χ1v) is 8.24. The summed E-state index contributed by atoms with van der Waals surface area (Å²) in [5.41, 5.74) is 0.856. The van der Waals surface area contributed by atoms with Gasteiger partial charge in [0, 0.05) is 24.2 Å². The first-order valence-electron chi connectivity index (χ1n) is 7.49. The highest BCUT2D eigenvalue weighted by molar-refractivity contribution is 6.42. The fourth-order valence-corrected chi connectivity index (χ4v) is 2.30. The number of esters is 1. The van der Waals surface area contributed by atoms with Crippen LogP contribution in [0.3, 0.4) is 0 Å². The highest BCUT2D eigenvalue weighted by Gasteiger charge is 2.10. The summed E-state index contributed by atoms with van der Waals surface area (Å²) in [7, 11) is 0. The number of non-ortho nitro benzene ring substituents is 1. The number of hydrogen-bond donors (Lipinski definition) is 1. The quantitative estimate of drug-likeness (QED) is 0.436. The van der Waals surface area contributed by atoms with E-state index in [1.165, 1.54) is 24.3 Å². The number of amides is 1. The van der Waals surface area contributed by atoms with Crippen molar-refractivity contribution >= 4 is 40.8 Å². The molecule has 7 nitrogen and oxygen atoms in total. The summed E-state index contributed by atoms with van der Waals surface area (Å²) >= 11 is 11.7. The third-order valence-corrected chi connectivity index (χ3v) is 4.08. The van der Waals surface area contributed by atoms with Gasteiger partial charge >= 0.3 is 5.97 Å². The molecule has 1 amide bonds. The molecule has 0 atom stereocenters. The topological polar surface area (TPSA) is 98.5 Å². The van der Waals surface area contributed by atoms with E-state index in [-0.39, 0.29) is 30.8 Å². The maximum absolute atomic E-state index is 11.9. The average Bonchev–Trinajstić information content (AvgIpc) is 2.62. The zero-order chi connectivity index (χ0) is 19.1. The molecule has 26 heavy (non-hydrogen) atoms. The van der Waals surface area contributed by atoms with Crippen LogP contribution in [-0.4, -0.2) is 23.3 Å². The number of nitro groups is 1. The normalized spacial score (nSPS) is 10.2. The van der Waals surface area contributed by atoms with Gasteiger partial charge in [0.15, 0.2) is 0 Å². The van der Waals surface area contributed by atoms with Crippen LogP contribution in [0.5, 0.6) is 0 Å². The van der Waals surface area contributed by atoms with Gasteiger partial charge in [-0.1, -0.05) is 29.3 Å². The van der Waals surface area contributed by atoms with E-state index in [0.717, 1.165) is 0 Å². The van der Waals surface area contributed by atoms with Gasteiger partial charge < -0.3 is 10.1 Å². The molecule has 0 fully saturated rings. The minimum atomic E-state index is -0.550. The minimum absolute atomic E-state index is 0.0138. The van der Waals surface area contributed by atoms with Gasteiger partial charge in [0.05, 0.1) is 21.4 Å². The van der Waals surface area contributed by atoms with E-state index in [1.54, 1.807) is 18.2 Å². The standard InChI is InChI=1S/C17H14Cl2N2O5/c18-14-6-1-11(9-15(14)19)10-26-16(22)7-8-20-17(23)12-2-4-13(5-3-12)21(24)25/h1-6,9H,7-8,10H2,(H,20,23). The first kappa shape index (κ1) is 19.7. The van der Waals surface area contributed by atoms with Gasteiger partial charge in [0.2, 0.25) is 0 Å². The Balaban J connectivity index is 1.74. The highest BCUT2D eigenvalue weighted by atomic mass is 35.5. The number of ether oxygens (including phenoxy) is 1. The van der Waals surface area contributed by atoms with Gasteiger partial charge in [-0.15, -0.1) is 0 Å². The molecule has 0 heterocycles. The molecule has 0 unspecified atom stereocenters. The van der Waals surface area contributed by atoms with Gasteiger partial charge in [-0.05, 0) is 29.8 Å². The molecule has 1 N–H and O–H groups in total. The van der Waals surface area contributed by atoms with Crippen LogP contribution in [0, 0.1) is 10.1 Å². The van der Waals surface area contributed by atoms with Crippen molar-refractivity contribution in [2.45, 2.75) is 13.0 Å². The molecule has 2 aromatic rings. The van der Waals surface area contributed by atoms with Crippen LogP contribution in [-0.2, 0) is 16.1 Å². The molecule has 0 spiro atoms. The molecule has 2 rings (SSSR count). The number of rotatable bonds is 7. The Morgan fingerprint density at radius 2 is 1.77 bits per heavy atom. The van der Waals surface area contributed by atoms with E-state index in [2.05, 4.69) is 5.32 Å². The lowest BCUT2D eigenvalue weighted by atomic mass is 10.2. The Kier molecular flexibility index (Phi) is 6.94. The summed E-state index contributed by atoms with van der Waals surface area (Å²) in [5.74, 6) is -0.919. The SMILES string of the molecule is O=C(CCNC(=O)c1ccc([N+](=O)[O-])cc1)OCc1ccc(Cl)c(Cl)c1. The van der Waals surface area contributed by atoms with Crippen molar-refractivity contribution in [3.8, 4) is 0 Å². The van der Waals surface area contributed by atoms with Crippen LogP contribution in [0.15, 0.2) is 42.5 Å². The van der Waals surface area contributed by atoms with Crippen LogP contribution >= 0.6 is 23.2 Å². The number of nitrogens with one attached hydrogen (secondary N) is 1. The zero-order valence-electron chi connectivity index (χ0n) is 13.4. The van der Waals surface area contributed by atoms with Crippen molar-refractivity contribution < 1.29 is 19.2 Å². The summed E-state index contributed by atoms with van der Waals surface area (Å²) in [4.78, 5) is 33.6. The van der Waals surface area contributed by atoms with E-state index in [9.17, 15) is 19.7 Å². The lowest BCUT2D eigenvalue weighted by Gasteiger charge is -2.07. The molecule has 0 bridgehead atoms. The molecule has 0 aliphatic rings. The molecule has 0 aliphatic heterocycles. The third kappa shape index (κ3) is 5.72. The maximum Gasteiger partial charge on any atom is 0.307 e. The van der Waals surface area contributed by atoms with Crippen LogP contribution in [0.4, 0.5) is 5.69 Å². The fourth-order valence-electron chi connectivity index (χ4n) is 1.98. The predicted molar refractivity (Wildman–Crippen MR) is 96.3 cm³/mol. The first-order chi connectivity index (χ1) is 12.4. The van der Waals surface area contributed by atoms with Crippen molar-refractivity contribution in [1.29, 1.82) is 0 Å². The number of benzene rings is 2. The Bertz CT molecular complexity index is 824. The van der Waals surface area contributed by atoms with Crippen molar-refractivity contribution in [1.82, 2.24) is 5.32 Å². The Labute approximate surface area is 159 Å². The average molecular weight is 397 g/mol. The second-order valence-electron chi connectivity index (χ2n) is 5.22. The van der Waals surface area contributed by atoms with Crippen LogP contribution < -0.4 is 5.32 Å². The van der Waals surface area contributed by atoms with Crippen LogP contribution in [0.25, 0.3) is 0 Å². The van der Waals surface area contributed by atoms with E-state index < -0.39 is 16.8 Å². The van der Waals surface area contributed by atoms with E-state index >= 15 is 0 Å². The van der Waals surface area contributed by atoms with Gasteiger partial charge in [-0.3, -0.25) is 19.7 Å². The molecular formula is C17H14Cl2N2O5. The lowest BCUT2D eigenvalue weighted by Crippen LogP contribution is -2.26. The van der Waals surface area contributed by atoms with Gasteiger partial charge in [0.25, 0.3) is 11.6 Å². The molecule has 0 radical (unpaired) electrons. The Hall–Kier alpha value is -2.64. The maximum atomic E-state index is 11.9. The summed E-state index contributed by atoms with van der Waals surface area (Å²) in [6.45, 7) is 0.127. The van der Waals surface area contributed by atoms with Gasteiger partial charge in [-0.25, -0.2) is 0 Å². The summed E-state index contributed by atoms with van der Waals surface area (Å²) in [6.07, 6.45) is -0.0138. The van der Waals surface area contributed by atoms with E-state index in [0.29, 0.717) is 15.6 Å². The number of carbonyl (C=O) groups is 2. The molecule has 0 saturated heterocycles. The van der Waals surface area contributed by atoms with E-state index in [1.807, 2.05) is 0 Å². The minimum Gasteiger partial charge on any atom is -0.461 e. The number of hydrogen-bond acceptors (Lipinski definition) is 5. The summed E-state index contributed by atoms with van der Waals surface area (Å²) < 4.78 is 5.09. The largest absolute Gasteiger partial charge is 0.461 e. The van der Waals surface area contributed by atoms with Crippen LogP contribution in [0.1, 0.15) is 22.3 Å². The second kappa shape index (κ2) is 9.17. The van der Waals surface area contributed by atoms with Crippen molar-refractivity contribution in [3.63, 3.8) is 0 Å². The molecule has 0 saturated carbocycles. The van der Waals surface area contributed by atoms with Gasteiger partial charge in [-0.2, -0.15) is 0 Å². The number of nitro benzene ring substituents is 1. The molecule has 0 aromatic heterocycles. The molecule has 0 aliphatic carbocycles. The molecule has 2 aromatic carbocycles. The van der Waals surface area contributed by atoms with Crippen molar-refractivity contribution in [2.75, 3.05) is 6.54 Å². The molecule has 136 valence electrons. The Morgan fingerprint density at radius 1 is 1.08 bits per heavy atom. The highest BCUT2D eigenvalue weighted by Crippen LogP contribution is 2.22. The Morgan fingerprint density at radius 3 is 2.38 bits per heavy atom. The number of halogens is 2. The fraction of sp³-hybridized carbons (Fsp3) is 0.176. The third-order valence-electron chi connectivity index (χ3n) is 3.34. The summed E-state index contributed by atoms with van der Waals surface area (Å²) in [5, 5.41) is 13.9. The van der Waals surface area contributed by atoms with Crippen molar-refractivity contribution in [3.05, 3.63) is 73.8 Å². The second-order valence-corrected chi connectivity index (χ2v) is 6.03. The summed E-state index contributed by atoms with van der Waals surface area (Å²) in [6, 6.07) is 10.1. The number of nitrogens with zero attached hydrogens (tertiary/aromatic N) is 1. The monoisotopic (exact) mass is 396 g/mol. The van der Waals surface area contributed by atoms with Crippen molar-refractivity contribution in [2.24, 2.45) is 0 Å².